The second-order valence-corrected chi connectivity index (χ2v) is 4.77. The van der Waals surface area contributed by atoms with Gasteiger partial charge < -0.3 is 5.73 Å². The Morgan fingerprint density at radius 1 is 1.40 bits per heavy atom. The minimum Gasteiger partial charge on any atom is -0.324 e. The lowest BCUT2D eigenvalue weighted by molar-refractivity contribution is 0.200. The molecule has 4 nitrogen and oxygen atoms in total. The zero-order valence-corrected chi connectivity index (χ0v) is 9.56. The molecule has 0 amide bonds. The predicted molar refractivity (Wildman–Crippen MR) is 59.1 cm³/mol. The Hall–Kier alpha value is -0.900. The fourth-order valence-electron chi connectivity index (χ4n) is 2.34. The zero-order chi connectivity index (χ0) is 10.8. The van der Waals surface area contributed by atoms with Crippen LogP contribution in [0.5, 0.6) is 0 Å². The van der Waals surface area contributed by atoms with E-state index < -0.39 is 0 Å². The van der Waals surface area contributed by atoms with Gasteiger partial charge in [0.25, 0.3) is 0 Å². The molecule has 1 aliphatic rings. The monoisotopic (exact) mass is 208 g/mol. The first-order chi connectivity index (χ1) is 7.20. The molecule has 0 saturated heterocycles. The molecule has 3 unspecified atom stereocenters. The molecule has 1 fully saturated rings. The van der Waals surface area contributed by atoms with E-state index in [-0.39, 0.29) is 0 Å². The lowest BCUT2D eigenvalue weighted by Gasteiger charge is -2.31. The molecule has 0 aromatic carbocycles. The van der Waals surface area contributed by atoms with E-state index in [0.29, 0.717) is 12.6 Å². The minimum atomic E-state index is 0.436. The Labute approximate surface area is 90.9 Å². The Bertz CT molecular complexity index is 320. The number of nitrogens with zero attached hydrogens (tertiary/aromatic N) is 3. The van der Waals surface area contributed by atoms with Gasteiger partial charge in [-0.05, 0) is 31.1 Å². The molecule has 84 valence electrons. The van der Waals surface area contributed by atoms with Crippen LogP contribution in [-0.2, 0) is 6.54 Å². The Kier molecular flexibility index (Phi) is 3.05. The Morgan fingerprint density at radius 3 is 2.80 bits per heavy atom. The van der Waals surface area contributed by atoms with Crippen molar-refractivity contribution in [3.8, 4) is 0 Å². The van der Waals surface area contributed by atoms with E-state index >= 15 is 0 Å². The van der Waals surface area contributed by atoms with Crippen molar-refractivity contribution in [1.82, 2.24) is 14.8 Å². The van der Waals surface area contributed by atoms with E-state index in [2.05, 4.69) is 23.9 Å². The van der Waals surface area contributed by atoms with Crippen LogP contribution in [-0.4, -0.2) is 14.8 Å². The van der Waals surface area contributed by atoms with Crippen LogP contribution in [0, 0.1) is 11.8 Å². The molecule has 1 saturated carbocycles. The molecule has 0 bridgehead atoms. The first-order valence-corrected chi connectivity index (χ1v) is 5.80. The molecular formula is C11H20N4. The average Bonchev–Trinajstić information content (AvgIpc) is 2.70. The van der Waals surface area contributed by atoms with Crippen LogP contribution in [0.3, 0.4) is 0 Å². The van der Waals surface area contributed by atoms with Gasteiger partial charge in [-0.2, -0.15) is 5.10 Å². The zero-order valence-electron chi connectivity index (χ0n) is 9.56. The van der Waals surface area contributed by atoms with Crippen molar-refractivity contribution in [3.05, 3.63) is 12.2 Å². The molecule has 3 atom stereocenters. The van der Waals surface area contributed by atoms with Crippen LogP contribution in [0.15, 0.2) is 6.33 Å². The Morgan fingerprint density at radius 2 is 2.20 bits per heavy atom. The smallest absolute Gasteiger partial charge is 0.164 e. The standard InChI is InChI=1S/C11H20N4/c1-8-3-4-10(5-9(8)2)15-7-13-11(6-12)14-15/h7-10H,3-6,12H2,1-2H3. The normalized spacial score (nSPS) is 31.8. The van der Waals surface area contributed by atoms with Crippen molar-refractivity contribution < 1.29 is 0 Å². The summed E-state index contributed by atoms with van der Waals surface area (Å²) in [6, 6.07) is 0.531. The van der Waals surface area contributed by atoms with Crippen LogP contribution in [0.2, 0.25) is 0 Å². The topological polar surface area (TPSA) is 56.7 Å². The average molecular weight is 208 g/mol. The van der Waals surface area contributed by atoms with Crippen molar-refractivity contribution >= 4 is 0 Å². The van der Waals surface area contributed by atoms with Gasteiger partial charge in [-0.15, -0.1) is 0 Å². The van der Waals surface area contributed by atoms with Crippen molar-refractivity contribution in [2.75, 3.05) is 0 Å². The van der Waals surface area contributed by atoms with E-state index in [1.54, 1.807) is 0 Å². The molecular weight excluding hydrogens is 188 g/mol. The van der Waals surface area contributed by atoms with Crippen molar-refractivity contribution in [2.45, 2.75) is 45.7 Å². The summed E-state index contributed by atoms with van der Waals surface area (Å²) < 4.78 is 2.00. The maximum Gasteiger partial charge on any atom is 0.164 e. The molecule has 15 heavy (non-hydrogen) atoms. The predicted octanol–water partition coefficient (Wildman–Crippen LogP) is 1.73. The molecule has 1 heterocycles. The number of aromatic nitrogens is 3. The second-order valence-electron chi connectivity index (χ2n) is 4.77. The van der Waals surface area contributed by atoms with Gasteiger partial charge in [0.15, 0.2) is 5.82 Å². The van der Waals surface area contributed by atoms with Gasteiger partial charge in [0, 0.05) is 0 Å². The first kappa shape index (κ1) is 10.6. The molecule has 2 N–H and O–H groups in total. The summed E-state index contributed by atoms with van der Waals surface area (Å²) in [7, 11) is 0. The SMILES string of the molecule is CC1CCC(n2cnc(CN)n2)CC1C. The highest BCUT2D eigenvalue weighted by molar-refractivity contribution is 4.85. The molecule has 1 aromatic rings. The van der Waals surface area contributed by atoms with Gasteiger partial charge in [0.2, 0.25) is 0 Å². The summed E-state index contributed by atoms with van der Waals surface area (Å²) in [6.07, 6.45) is 5.56. The van der Waals surface area contributed by atoms with Gasteiger partial charge >= 0.3 is 0 Å². The number of hydrogen-bond donors (Lipinski definition) is 1. The van der Waals surface area contributed by atoms with Crippen LogP contribution < -0.4 is 5.73 Å². The van der Waals surface area contributed by atoms with E-state index in [0.717, 1.165) is 17.7 Å². The molecule has 0 radical (unpaired) electrons. The second kappa shape index (κ2) is 4.31. The third-order valence-corrected chi connectivity index (χ3v) is 3.68. The highest BCUT2D eigenvalue weighted by Gasteiger charge is 2.26. The van der Waals surface area contributed by atoms with E-state index in [1.165, 1.54) is 19.3 Å². The lowest BCUT2D eigenvalue weighted by atomic mass is 9.79. The first-order valence-electron chi connectivity index (χ1n) is 5.80. The van der Waals surface area contributed by atoms with Crippen molar-refractivity contribution in [2.24, 2.45) is 17.6 Å². The van der Waals surface area contributed by atoms with Crippen LogP contribution >= 0.6 is 0 Å². The van der Waals surface area contributed by atoms with Gasteiger partial charge in [0.1, 0.15) is 6.33 Å². The fraction of sp³-hybridized carbons (Fsp3) is 0.818. The summed E-state index contributed by atoms with van der Waals surface area (Å²) in [5.41, 5.74) is 5.50. The van der Waals surface area contributed by atoms with Crippen molar-refractivity contribution in [1.29, 1.82) is 0 Å². The molecule has 2 rings (SSSR count). The highest BCUT2D eigenvalue weighted by atomic mass is 15.3. The summed E-state index contributed by atoms with van der Waals surface area (Å²) >= 11 is 0. The fourth-order valence-corrected chi connectivity index (χ4v) is 2.34. The maximum atomic E-state index is 5.50. The van der Waals surface area contributed by atoms with Crippen LogP contribution in [0.4, 0.5) is 0 Å². The molecule has 1 aliphatic carbocycles. The summed E-state index contributed by atoms with van der Waals surface area (Å²) in [4.78, 5) is 4.18. The molecule has 0 spiro atoms. The molecule has 4 heteroatoms. The number of rotatable bonds is 2. The third-order valence-electron chi connectivity index (χ3n) is 3.68. The van der Waals surface area contributed by atoms with E-state index in [9.17, 15) is 0 Å². The summed E-state index contributed by atoms with van der Waals surface area (Å²) in [6.45, 7) is 5.11. The molecule has 0 aliphatic heterocycles. The van der Waals surface area contributed by atoms with Gasteiger partial charge in [-0.3, -0.25) is 0 Å². The third kappa shape index (κ3) is 2.20. The largest absolute Gasteiger partial charge is 0.324 e. The number of hydrogen-bond acceptors (Lipinski definition) is 3. The van der Waals surface area contributed by atoms with Gasteiger partial charge in [-0.25, -0.2) is 9.67 Å². The highest BCUT2D eigenvalue weighted by Crippen LogP contribution is 2.35. The number of nitrogens with two attached hydrogens (primary N) is 1. The minimum absolute atomic E-state index is 0.436. The maximum absolute atomic E-state index is 5.50. The van der Waals surface area contributed by atoms with E-state index in [4.69, 9.17) is 5.73 Å². The quantitative estimate of drug-likeness (QED) is 0.805. The van der Waals surface area contributed by atoms with Crippen LogP contribution in [0.25, 0.3) is 0 Å². The van der Waals surface area contributed by atoms with Gasteiger partial charge in [-0.1, -0.05) is 13.8 Å². The van der Waals surface area contributed by atoms with Crippen molar-refractivity contribution in [3.63, 3.8) is 0 Å². The summed E-state index contributed by atoms with van der Waals surface area (Å²) in [5.74, 6) is 2.38. The van der Waals surface area contributed by atoms with E-state index in [1.807, 2.05) is 11.0 Å². The molecule has 1 aromatic heterocycles. The Balaban J connectivity index is 2.05. The van der Waals surface area contributed by atoms with Crippen LogP contribution in [0.1, 0.15) is 45.0 Å². The van der Waals surface area contributed by atoms with Gasteiger partial charge in [0.05, 0.1) is 12.6 Å². The summed E-state index contributed by atoms with van der Waals surface area (Å²) in [5, 5.41) is 4.39. The lowest BCUT2D eigenvalue weighted by Crippen LogP contribution is -2.23.